The third-order valence-corrected chi connectivity index (χ3v) is 3.84. The van der Waals surface area contributed by atoms with Gasteiger partial charge in [-0.3, -0.25) is 9.00 Å². The Balaban J connectivity index is 2.53. The minimum absolute atomic E-state index is 0.0539. The summed E-state index contributed by atoms with van der Waals surface area (Å²) < 4.78 is 21.7. The number of carbonyl (C=O) groups excluding carboxylic acids is 1. The molecule has 0 heterocycles. The molecule has 0 saturated heterocycles. The van der Waals surface area contributed by atoms with E-state index in [0.717, 1.165) is 0 Å². The number of hydrogen-bond acceptors (Lipinski definition) is 5. The molecule has 0 aromatic heterocycles. The first-order valence-corrected chi connectivity index (χ1v) is 7.63. The smallest absolute Gasteiger partial charge is 0.237 e. The van der Waals surface area contributed by atoms with E-state index in [-0.39, 0.29) is 11.7 Å². The maximum Gasteiger partial charge on any atom is 0.237 e. The first-order chi connectivity index (χ1) is 9.56. The summed E-state index contributed by atoms with van der Waals surface area (Å²) in [5.74, 6) is 0.569. The number of benzene rings is 1. The molecule has 112 valence electrons. The van der Waals surface area contributed by atoms with E-state index in [1.165, 1.54) is 7.11 Å². The van der Waals surface area contributed by atoms with Gasteiger partial charge in [0, 0.05) is 36.0 Å². The van der Waals surface area contributed by atoms with Crippen molar-refractivity contribution in [3.8, 4) is 5.75 Å². The largest absolute Gasteiger partial charge is 0.495 e. The lowest BCUT2D eigenvalue weighted by atomic mass is 10.2. The van der Waals surface area contributed by atoms with Crippen molar-refractivity contribution < 1.29 is 18.5 Å². The average molecular weight is 300 g/mol. The molecule has 0 spiro atoms. The van der Waals surface area contributed by atoms with Crippen LogP contribution in [0.4, 0.5) is 11.4 Å². The highest BCUT2D eigenvalue weighted by molar-refractivity contribution is 7.85. The van der Waals surface area contributed by atoms with Crippen LogP contribution in [0.5, 0.6) is 5.75 Å². The molecule has 1 amide bonds. The molecule has 6 nitrogen and oxygen atoms in total. The zero-order valence-electron chi connectivity index (χ0n) is 11.7. The zero-order chi connectivity index (χ0) is 15.0. The van der Waals surface area contributed by atoms with Gasteiger partial charge in [-0.05, 0) is 24.6 Å². The van der Waals surface area contributed by atoms with Gasteiger partial charge in [-0.2, -0.15) is 0 Å². The molecule has 0 saturated carbocycles. The van der Waals surface area contributed by atoms with E-state index in [4.69, 9.17) is 15.2 Å². The standard InChI is InChI=1S/C13H20N2O4S/c1-18-6-3-7-20(17)9-13(16)15-11-8-10(14)4-5-12(11)19-2/h4-5,8H,3,6-7,9,14H2,1-2H3,(H,15,16). The number of hydrogen-bond donors (Lipinski definition) is 2. The van der Waals surface area contributed by atoms with Crippen molar-refractivity contribution in [3.63, 3.8) is 0 Å². The second-order valence-electron chi connectivity index (χ2n) is 4.14. The first kappa shape index (κ1) is 16.5. The van der Waals surface area contributed by atoms with E-state index in [2.05, 4.69) is 5.32 Å². The Hall–Kier alpha value is -1.60. The summed E-state index contributed by atoms with van der Waals surface area (Å²) in [6.45, 7) is 0.538. The van der Waals surface area contributed by atoms with E-state index >= 15 is 0 Å². The number of nitrogens with one attached hydrogen (secondary N) is 1. The number of methoxy groups -OCH3 is 2. The number of nitrogen functional groups attached to an aromatic ring is 1. The molecule has 0 aliphatic rings. The topological polar surface area (TPSA) is 90.7 Å². The van der Waals surface area contributed by atoms with Crippen molar-refractivity contribution in [1.29, 1.82) is 0 Å². The van der Waals surface area contributed by atoms with Crippen molar-refractivity contribution in [2.75, 3.05) is 43.4 Å². The summed E-state index contributed by atoms with van der Waals surface area (Å²) in [5.41, 5.74) is 6.65. The van der Waals surface area contributed by atoms with Gasteiger partial charge in [0.1, 0.15) is 11.5 Å². The molecule has 0 radical (unpaired) electrons. The first-order valence-electron chi connectivity index (χ1n) is 6.14. The highest BCUT2D eigenvalue weighted by Gasteiger charge is 2.11. The van der Waals surface area contributed by atoms with E-state index in [9.17, 15) is 9.00 Å². The van der Waals surface area contributed by atoms with Gasteiger partial charge in [0.15, 0.2) is 0 Å². The maximum absolute atomic E-state index is 11.8. The maximum atomic E-state index is 11.8. The molecule has 0 aliphatic heterocycles. The minimum atomic E-state index is -1.20. The Morgan fingerprint density at radius 2 is 2.15 bits per heavy atom. The summed E-state index contributed by atoms with van der Waals surface area (Å²) in [6, 6.07) is 4.95. The summed E-state index contributed by atoms with van der Waals surface area (Å²) >= 11 is 0. The van der Waals surface area contributed by atoms with Crippen LogP contribution in [0.25, 0.3) is 0 Å². The third kappa shape index (κ3) is 5.58. The molecular weight excluding hydrogens is 280 g/mol. The summed E-state index contributed by atoms with van der Waals surface area (Å²) in [6.07, 6.45) is 0.665. The Morgan fingerprint density at radius 1 is 1.40 bits per heavy atom. The lowest BCUT2D eigenvalue weighted by Gasteiger charge is -2.10. The van der Waals surface area contributed by atoms with Gasteiger partial charge in [-0.25, -0.2) is 0 Å². The quantitative estimate of drug-likeness (QED) is 0.552. The molecule has 1 rings (SSSR count). The summed E-state index contributed by atoms with van der Waals surface area (Å²) in [5, 5.41) is 2.66. The lowest BCUT2D eigenvalue weighted by molar-refractivity contribution is -0.113. The van der Waals surface area contributed by atoms with Crippen molar-refractivity contribution in [3.05, 3.63) is 18.2 Å². The van der Waals surface area contributed by atoms with Gasteiger partial charge in [0.25, 0.3) is 0 Å². The molecule has 1 atom stereocenters. The van der Waals surface area contributed by atoms with Gasteiger partial charge >= 0.3 is 0 Å². The molecule has 0 fully saturated rings. The molecule has 1 unspecified atom stereocenters. The van der Waals surface area contributed by atoms with Crippen LogP contribution in [-0.4, -0.2) is 42.4 Å². The number of carbonyl (C=O) groups is 1. The molecule has 20 heavy (non-hydrogen) atoms. The predicted molar refractivity (Wildman–Crippen MR) is 80.4 cm³/mol. The van der Waals surface area contributed by atoms with Crippen LogP contribution in [0, 0.1) is 0 Å². The number of amides is 1. The normalized spacial score (nSPS) is 11.9. The van der Waals surface area contributed by atoms with Crippen LogP contribution in [0.1, 0.15) is 6.42 Å². The van der Waals surface area contributed by atoms with Crippen molar-refractivity contribution in [1.82, 2.24) is 0 Å². The van der Waals surface area contributed by atoms with Crippen LogP contribution in [0.15, 0.2) is 18.2 Å². The molecular formula is C13H20N2O4S. The Kier molecular flexibility index (Phi) is 7.03. The summed E-state index contributed by atoms with van der Waals surface area (Å²) in [4.78, 5) is 11.8. The van der Waals surface area contributed by atoms with E-state index < -0.39 is 10.8 Å². The molecule has 0 aliphatic carbocycles. The van der Waals surface area contributed by atoms with E-state index in [0.29, 0.717) is 35.9 Å². The molecule has 7 heteroatoms. The Bertz CT molecular complexity index is 479. The van der Waals surface area contributed by atoms with E-state index in [1.54, 1.807) is 25.3 Å². The molecule has 1 aromatic carbocycles. The fraction of sp³-hybridized carbons (Fsp3) is 0.462. The SMILES string of the molecule is COCCCS(=O)CC(=O)Nc1cc(N)ccc1OC. The van der Waals surface area contributed by atoms with Gasteiger partial charge in [0.2, 0.25) is 5.91 Å². The Morgan fingerprint density at radius 3 is 2.80 bits per heavy atom. The van der Waals surface area contributed by atoms with Crippen molar-refractivity contribution in [2.24, 2.45) is 0 Å². The monoisotopic (exact) mass is 300 g/mol. The van der Waals surface area contributed by atoms with Crippen LogP contribution >= 0.6 is 0 Å². The second kappa shape index (κ2) is 8.55. The van der Waals surface area contributed by atoms with Crippen LogP contribution < -0.4 is 15.8 Å². The minimum Gasteiger partial charge on any atom is -0.495 e. The lowest BCUT2D eigenvalue weighted by Crippen LogP contribution is -2.21. The number of anilines is 2. The van der Waals surface area contributed by atoms with Gasteiger partial charge in [-0.15, -0.1) is 0 Å². The zero-order valence-corrected chi connectivity index (χ0v) is 12.5. The molecule has 3 N–H and O–H groups in total. The number of rotatable bonds is 8. The fourth-order valence-corrected chi connectivity index (χ4v) is 2.54. The average Bonchev–Trinajstić information content (AvgIpc) is 2.39. The second-order valence-corrected chi connectivity index (χ2v) is 5.72. The highest BCUT2D eigenvalue weighted by atomic mass is 32.2. The van der Waals surface area contributed by atoms with Crippen LogP contribution in [0.2, 0.25) is 0 Å². The van der Waals surface area contributed by atoms with Gasteiger partial charge in [0.05, 0.1) is 12.8 Å². The van der Waals surface area contributed by atoms with Crippen molar-refractivity contribution in [2.45, 2.75) is 6.42 Å². The Labute approximate surface area is 121 Å². The van der Waals surface area contributed by atoms with Crippen LogP contribution in [-0.2, 0) is 20.3 Å². The molecule has 1 aromatic rings. The third-order valence-electron chi connectivity index (χ3n) is 2.51. The molecule has 0 bridgehead atoms. The highest BCUT2D eigenvalue weighted by Crippen LogP contribution is 2.26. The number of ether oxygens (including phenoxy) is 2. The number of nitrogens with two attached hydrogens (primary N) is 1. The summed E-state index contributed by atoms with van der Waals surface area (Å²) in [7, 11) is 1.89. The van der Waals surface area contributed by atoms with Crippen LogP contribution in [0.3, 0.4) is 0 Å². The van der Waals surface area contributed by atoms with E-state index in [1.807, 2.05) is 0 Å². The van der Waals surface area contributed by atoms with Gasteiger partial charge in [-0.1, -0.05) is 0 Å². The fourth-order valence-electron chi connectivity index (χ4n) is 1.59. The van der Waals surface area contributed by atoms with Gasteiger partial charge < -0.3 is 20.5 Å². The predicted octanol–water partition coefficient (Wildman–Crippen LogP) is 1.00. The van der Waals surface area contributed by atoms with Crippen molar-refractivity contribution >= 4 is 28.1 Å².